The molecular formula is C22H29NO2. The Hall–Kier alpha value is -2.29. The van der Waals surface area contributed by atoms with Crippen molar-refractivity contribution in [2.75, 3.05) is 11.9 Å². The zero-order valence-electron chi connectivity index (χ0n) is 15.5. The van der Waals surface area contributed by atoms with Gasteiger partial charge in [-0.2, -0.15) is 0 Å². The van der Waals surface area contributed by atoms with Crippen molar-refractivity contribution < 1.29 is 9.53 Å². The molecule has 2 aromatic rings. The summed E-state index contributed by atoms with van der Waals surface area (Å²) in [5.41, 5.74) is 2.65. The minimum absolute atomic E-state index is 0.0948. The van der Waals surface area contributed by atoms with Gasteiger partial charge in [0.05, 0.1) is 6.61 Å². The molecule has 134 valence electrons. The zero-order valence-corrected chi connectivity index (χ0v) is 15.5. The average Bonchev–Trinajstić information content (AvgIpc) is 2.62. The van der Waals surface area contributed by atoms with Crippen LogP contribution in [0, 0.1) is 0 Å². The van der Waals surface area contributed by atoms with Crippen LogP contribution in [0.15, 0.2) is 48.5 Å². The number of carbonyl (C=O) groups excluding carboxylic acids is 1. The molecule has 1 amide bonds. The number of amides is 1. The second-order valence-corrected chi connectivity index (χ2v) is 6.63. The summed E-state index contributed by atoms with van der Waals surface area (Å²) in [5, 5.41) is 3.01. The van der Waals surface area contributed by atoms with Gasteiger partial charge in [-0.25, -0.2) is 0 Å². The smallest absolute Gasteiger partial charge is 0.255 e. The lowest BCUT2D eigenvalue weighted by molar-refractivity contribution is 0.102. The molecule has 0 fully saturated rings. The van der Waals surface area contributed by atoms with E-state index in [9.17, 15) is 4.79 Å². The summed E-state index contributed by atoms with van der Waals surface area (Å²) in [6, 6.07) is 15.3. The molecule has 0 aliphatic rings. The second-order valence-electron chi connectivity index (χ2n) is 6.63. The van der Waals surface area contributed by atoms with Gasteiger partial charge in [0.1, 0.15) is 5.75 Å². The van der Waals surface area contributed by atoms with Crippen LogP contribution in [-0.2, 0) is 0 Å². The lowest BCUT2D eigenvalue weighted by Gasteiger charge is -2.14. The van der Waals surface area contributed by atoms with Gasteiger partial charge < -0.3 is 10.1 Å². The zero-order chi connectivity index (χ0) is 18.1. The van der Waals surface area contributed by atoms with E-state index >= 15 is 0 Å². The first-order chi connectivity index (χ1) is 12.1. The predicted octanol–water partition coefficient (Wildman–Crippen LogP) is 6.02. The minimum atomic E-state index is -0.0948. The van der Waals surface area contributed by atoms with Crippen LogP contribution < -0.4 is 10.1 Å². The summed E-state index contributed by atoms with van der Waals surface area (Å²) >= 11 is 0. The standard InChI is InChI=1S/C22H29NO2/c1-4-5-6-9-16-25-19-14-12-18(13-15-19)22(24)23-21-11-8-7-10-20(21)17(2)3/h7-8,10-15,17H,4-6,9,16H2,1-3H3,(H,23,24). The maximum absolute atomic E-state index is 12.5. The molecule has 25 heavy (non-hydrogen) atoms. The van der Waals surface area contributed by atoms with Crippen LogP contribution in [0.2, 0.25) is 0 Å². The number of rotatable bonds is 9. The summed E-state index contributed by atoms with van der Waals surface area (Å²) in [6.45, 7) is 7.17. The molecule has 0 aliphatic carbocycles. The summed E-state index contributed by atoms with van der Waals surface area (Å²) in [6.07, 6.45) is 4.75. The number of hydrogen-bond donors (Lipinski definition) is 1. The molecule has 0 aromatic heterocycles. The van der Waals surface area contributed by atoms with Gasteiger partial charge in [-0.3, -0.25) is 4.79 Å². The molecule has 0 atom stereocenters. The van der Waals surface area contributed by atoms with Crippen molar-refractivity contribution in [2.24, 2.45) is 0 Å². The van der Waals surface area contributed by atoms with Crippen molar-refractivity contribution in [3.05, 3.63) is 59.7 Å². The third-order valence-electron chi connectivity index (χ3n) is 4.21. The Balaban J connectivity index is 1.92. The largest absolute Gasteiger partial charge is 0.494 e. The number of hydrogen-bond acceptors (Lipinski definition) is 2. The van der Waals surface area contributed by atoms with Crippen molar-refractivity contribution in [3.63, 3.8) is 0 Å². The van der Waals surface area contributed by atoms with Crippen LogP contribution in [0.4, 0.5) is 5.69 Å². The first-order valence-corrected chi connectivity index (χ1v) is 9.25. The molecule has 0 saturated carbocycles. The van der Waals surface area contributed by atoms with Gasteiger partial charge in [-0.05, 0) is 48.2 Å². The van der Waals surface area contributed by atoms with Crippen molar-refractivity contribution >= 4 is 11.6 Å². The molecule has 0 bridgehead atoms. The van der Waals surface area contributed by atoms with Gasteiger partial charge in [0, 0.05) is 11.3 Å². The Morgan fingerprint density at radius 2 is 1.72 bits per heavy atom. The van der Waals surface area contributed by atoms with E-state index in [1.54, 1.807) is 0 Å². The highest BCUT2D eigenvalue weighted by Gasteiger charge is 2.11. The molecule has 0 heterocycles. The highest BCUT2D eigenvalue weighted by Crippen LogP contribution is 2.24. The molecule has 2 aromatic carbocycles. The summed E-state index contributed by atoms with van der Waals surface area (Å²) in [5.74, 6) is 1.08. The fraction of sp³-hybridized carbons (Fsp3) is 0.409. The number of carbonyl (C=O) groups is 1. The molecule has 3 heteroatoms. The second kappa shape index (κ2) is 9.87. The van der Waals surface area contributed by atoms with E-state index in [0.29, 0.717) is 11.5 Å². The molecule has 0 unspecified atom stereocenters. The summed E-state index contributed by atoms with van der Waals surface area (Å²) < 4.78 is 5.72. The SMILES string of the molecule is CCCCCCOc1ccc(C(=O)Nc2ccccc2C(C)C)cc1. The number of unbranched alkanes of at least 4 members (excludes halogenated alkanes) is 3. The van der Waals surface area contributed by atoms with E-state index in [-0.39, 0.29) is 5.91 Å². The van der Waals surface area contributed by atoms with Gasteiger partial charge >= 0.3 is 0 Å². The molecule has 0 spiro atoms. The Kier molecular flexibility index (Phi) is 7.52. The number of ether oxygens (including phenoxy) is 1. The first kappa shape index (κ1) is 19.0. The maximum atomic E-state index is 12.5. The Morgan fingerprint density at radius 3 is 2.40 bits per heavy atom. The third-order valence-corrected chi connectivity index (χ3v) is 4.21. The van der Waals surface area contributed by atoms with Crippen molar-refractivity contribution in [1.82, 2.24) is 0 Å². The topological polar surface area (TPSA) is 38.3 Å². The van der Waals surface area contributed by atoms with Crippen molar-refractivity contribution in [2.45, 2.75) is 52.4 Å². The molecule has 1 N–H and O–H groups in total. The first-order valence-electron chi connectivity index (χ1n) is 9.25. The Labute approximate surface area is 151 Å². The van der Waals surface area contributed by atoms with Gasteiger partial charge in [0.15, 0.2) is 0 Å². The molecule has 3 nitrogen and oxygen atoms in total. The van der Waals surface area contributed by atoms with Gasteiger partial charge in [0.2, 0.25) is 0 Å². The third kappa shape index (κ3) is 5.93. The van der Waals surface area contributed by atoms with Gasteiger partial charge in [0.25, 0.3) is 5.91 Å². The Bertz CT molecular complexity index is 662. The number of anilines is 1. The van der Waals surface area contributed by atoms with Crippen LogP contribution in [-0.4, -0.2) is 12.5 Å². The van der Waals surface area contributed by atoms with E-state index in [2.05, 4.69) is 32.2 Å². The average molecular weight is 339 g/mol. The summed E-state index contributed by atoms with van der Waals surface area (Å²) in [7, 11) is 0. The van der Waals surface area contributed by atoms with E-state index < -0.39 is 0 Å². The van der Waals surface area contributed by atoms with Gasteiger partial charge in [-0.15, -0.1) is 0 Å². The van der Waals surface area contributed by atoms with E-state index in [1.807, 2.05) is 42.5 Å². The van der Waals surface area contributed by atoms with E-state index in [0.717, 1.165) is 30.0 Å². The molecule has 2 rings (SSSR count). The fourth-order valence-corrected chi connectivity index (χ4v) is 2.73. The van der Waals surface area contributed by atoms with E-state index in [1.165, 1.54) is 19.3 Å². The van der Waals surface area contributed by atoms with Gasteiger partial charge in [-0.1, -0.05) is 58.2 Å². The molecule has 0 radical (unpaired) electrons. The maximum Gasteiger partial charge on any atom is 0.255 e. The van der Waals surface area contributed by atoms with Crippen LogP contribution in [0.1, 0.15) is 68.3 Å². The van der Waals surface area contributed by atoms with Crippen LogP contribution in [0.25, 0.3) is 0 Å². The molecule has 0 saturated heterocycles. The number of nitrogens with one attached hydrogen (secondary N) is 1. The molecular weight excluding hydrogens is 310 g/mol. The summed E-state index contributed by atoms with van der Waals surface area (Å²) in [4.78, 5) is 12.5. The Morgan fingerprint density at radius 1 is 1.00 bits per heavy atom. The minimum Gasteiger partial charge on any atom is -0.494 e. The predicted molar refractivity (Wildman–Crippen MR) is 105 cm³/mol. The van der Waals surface area contributed by atoms with Crippen LogP contribution in [0.5, 0.6) is 5.75 Å². The molecule has 0 aliphatic heterocycles. The lowest BCUT2D eigenvalue weighted by Crippen LogP contribution is -2.13. The lowest BCUT2D eigenvalue weighted by atomic mass is 10.0. The fourth-order valence-electron chi connectivity index (χ4n) is 2.73. The normalized spacial score (nSPS) is 10.7. The highest BCUT2D eigenvalue weighted by molar-refractivity contribution is 6.04. The van der Waals surface area contributed by atoms with E-state index in [4.69, 9.17) is 4.74 Å². The quantitative estimate of drug-likeness (QED) is 0.567. The van der Waals surface area contributed by atoms with Crippen molar-refractivity contribution in [3.8, 4) is 5.75 Å². The van der Waals surface area contributed by atoms with Crippen molar-refractivity contribution in [1.29, 1.82) is 0 Å². The van der Waals surface area contributed by atoms with Crippen LogP contribution in [0.3, 0.4) is 0 Å². The number of benzene rings is 2. The number of para-hydroxylation sites is 1. The highest BCUT2D eigenvalue weighted by atomic mass is 16.5. The monoisotopic (exact) mass is 339 g/mol. The van der Waals surface area contributed by atoms with Crippen LogP contribution >= 0.6 is 0 Å².